The molecule has 1 saturated carbocycles. The Balaban J connectivity index is 2.00. The van der Waals surface area contributed by atoms with E-state index in [2.05, 4.69) is 19.2 Å². The van der Waals surface area contributed by atoms with E-state index in [1.165, 1.54) is 0 Å². The van der Waals surface area contributed by atoms with E-state index in [1.807, 2.05) is 0 Å². The Bertz CT molecular complexity index is 383. The number of nitrogens with one attached hydrogen (secondary N) is 1. The maximum Gasteiger partial charge on any atom is 0.408 e. The van der Waals surface area contributed by atoms with E-state index in [0.717, 1.165) is 0 Å². The van der Waals surface area contributed by atoms with E-state index >= 15 is 0 Å². The molecule has 102 valence electrons. The third-order valence-electron chi connectivity index (χ3n) is 3.83. The first-order valence-corrected chi connectivity index (χ1v) is 6.29. The first kappa shape index (κ1) is 13.2. The van der Waals surface area contributed by atoms with E-state index in [0.29, 0.717) is 12.5 Å². The molecule has 1 unspecified atom stereocenters. The van der Waals surface area contributed by atoms with E-state index < -0.39 is 17.7 Å². The monoisotopic (exact) mass is 255 g/mol. The van der Waals surface area contributed by atoms with Crippen molar-refractivity contribution in [3.63, 3.8) is 0 Å². The molecule has 0 bridgehead atoms. The van der Waals surface area contributed by atoms with Crippen molar-refractivity contribution in [2.75, 3.05) is 6.61 Å². The molecule has 18 heavy (non-hydrogen) atoms. The fraction of sp³-hybridized carbons (Fsp3) is 0.846. The first-order valence-electron chi connectivity index (χ1n) is 6.29. The molecule has 0 aromatic heterocycles. The summed E-state index contributed by atoms with van der Waals surface area (Å²) in [6.07, 6.45) is -0.562. The Labute approximate surface area is 107 Å². The van der Waals surface area contributed by atoms with Crippen LogP contribution in [0, 0.1) is 17.3 Å². The molecule has 3 atom stereocenters. The quantitative estimate of drug-likeness (QED) is 0.724. The zero-order valence-electron chi connectivity index (χ0n) is 11.6. The van der Waals surface area contributed by atoms with Crippen molar-refractivity contribution in [1.82, 2.24) is 5.32 Å². The highest BCUT2D eigenvalue weighted by Gasteiger charge is 2.66. The van der Waals surface area contributed by atoms with Crippen LogP contribution < -0.4 is 5.32 Å². The molecule has 1 amide bonds. The number of ether oxygens (including phenoxy) is 2. The van der Waals surface area contributed by atoms with E-state index in [9.17, 15) is 9.59 Å². The number of carbonyl (C=O) groups excluding carboxylic acids is 2. The van der Waals surface area contributed by atoms with Crippen LogP contribution in [0.3, 0.4) is 0 Å². The number of amides is 1. The Hall–Kier alpha value is -1.26. The zero-order chi connectivity index (χ0) is 13.7. The topological polar surface area (TPSA) is 64.6 Å². The molecule has 1 saturated heterocycles. The summed E-state index contributed by atoms with van der Waals surface area (Å²) in [6, 6.07) is -0.575. The summed E-state index contributed by atoms with van der Waals surface area (Å²) in [7, 11) is 0. The lowest BCUT2D eigenvalue weighted by Gasteiger charge is -2.25. The number of rotatable bonds is 1. The second-order valence-corrected chi connectivity index (χ2v) is 6.71. The highest BCUT2D eigenvalue weighted by Crippen LogP contribution is 2.61. The normalized spacial score (nSPS) is 33.2. The van der Waals surface area contributed by atoms with Crippen molar-refractivity contribution in [1.29, 1.82) is 0 Å². The van der Waals surface area contributed by atoms with Gasteiger partial charge in [-0.25, -0.2) is 9.59 Å². The first-order chi connectivity index (χ1) is 8.13. The van der Waals surface area contributed by atoms with Gasteiger partial charge in [0.15, 0.2) is 0 Å². The lowest BCUT2D eigenvalue weighted by molar-refractivity contribution is -0.150. The molecule has 0 radical (unpaired) electrons. The summed E-state index contributed by atoms with van der Waals surface area (Å²) in [6.45, 7) is 10.0. The van der Waals surface area contributed by atoms with E-state index in [1.54, 1.807) is 20.8 Å². The standard InChI is InChI=1S/C13H21NO4/c1-12(2,3)18-11(16)14-9-8-7(13(8,4)5)6-17-10(9)15/h7-9H,6H2,1-5H3,(H,14,16)/t7?,8-,9-/m0/s1. The summed E-state index contributed by atoms with van der Waals surface area (Å²) < 4.78 is 10.3. The van der Waals surface area contributed by atoms with Crippen molar-refractivity contribution in [2.24, 2.45) is 17.3 Å². The van der Waals surface area contributed by atoms with Gasteiger partial charge in [0.25, 0.3) is 0 Å². The summed E-state index contributed by atoms with van der Waals surface area (Å²) in [5, 5.41) is 2.64. The van der Waals surface area contributed by atoms with Crippen molar-refractivity contribution in [2.45, 2.75) is 46.3 Å². The van der Waals surface area contributed by atoms with Gasteiger partial charge in [-0.05, 0) is 26.2 Å². The van der Waals surface area contributed by atoms with Gasteiger partial charge in [0.05, 0.1) is 6.61 Å². The summed E-state index contributed by atoms with van der Waals surface area (Å²) in [5.74, 6) is 0.147. The third-order valence-corrected chi connectivity index (χ3v) is 3.83. The smallest absolute Gasteiger partial charge is 0.408 e. The van der Waals surface area contributed by atoms with Gasteiger partial charge in [-0.1, -0.05) is 13.8 Å². The molecule has 0 aromatic rings. The lowest BCUT2D eigenvalue weighted by atomic mass is 10.0. The van der Waals surface area contributed by atoms with Crippen LogP contribution >= 0.6 is 0 Å². The Morgan fingerprint density at radius 2 is 2.06 bits per heavy atom. The van der Waals surface area contributed by atoms with Gasteiger partial charge in [0, 0.05) is 11.8 Å². The van der Waals surface area contributed by atoms with Crippen LogP contribution in [-0.2, 0) is 14.3 Å². The molecule has 1 heterocycles. The second-order valence-electron chi connectivity index (χ2n) is 6.71. The molecule has 5 heteroatoms. The average Bonchev–Trinajstić information content (AvgIpc) is 2.71. The fourth-order valence-corrected chi connectivity index (χ4v) is 2.76. The van der Waals surface area contributed by atoms with Crippen molar-refractivity contribution in [3.05, 3.63) is 0 Å². The molecular formula is C13H21NO4. The molecule has 2 aliphatic rings. The van der Waals surface area contributed by atoms with Gasteiger partial charge in [0.1, 0.15) is 11.6 Å². The molecule has 5 nitrogen and oxygen atoms in total. The van der Waals surface area contributed by atoms with Crippen LogP contribution in [0.15, 0.2) is 0 Å². The number of esters is 1. The molecule has 2 fully saturated rings. The van der Waals surface area contributed by atoms with Crippen molar-refractivity contribution >= 4 is 12.1 Å². The second kappa shape index (κ2) is 3.87. The summed E-state index contributed by atoms with van der Waals surface area (Å²) in [4.78, 5) is 23.4. The fourth-order valence-electron chi connectivity index (χ4n) is 2.76. The minimum Gasteiger partial charge on any atom is -0.464 e. The molecule has 2 rings (SSSR count). The van der Waals surface area contributed by atoms with Gasteiger partial charge in [0.2, 0.25) is 0 Å². The van der Waals surface area contributed by atoms with Gasteiger partial charge >= 0.3 is 12.1 Å². The highest BCUT2D eigenvalue weighted by atomic mass is 16.6. The lowest BCUT2D eigenvalue weighted by Crippen LogP contribution is -2.48. The predicted molar refractivity (Wildman–Crippen MR) is 64.9 cm³/mol. The highest BCUT2D eigenvalue weighted by molar-refractivity contribution is 5.83. The largest absolute Gasteiger partial charge is 0.464 e. The molecule has 1 aliphatic carbocycles. The molecule has 0 spiro atoms. The van der Waals surface area contributed by atoms with Gasteiger partial charge in [-0.15, -0.1) is 0 Å². The Kier molecular flexibility index (Phi) is 2.83. The number of hydrogen-bond donors (Lipinski definition) is 1. The predicted octanol–water partition coefficient (Wildman–Crippen LogP) is 1.71. The van der Waals surface area contributed by atoms with Crippen LogP contribution in [0.25, 0.3) is 0 Å². The van der Waals surface area contributed by atoms with Crippen molar-refractivity contribution < 1.29 is 19.1 Å². The molecular weight excluding hydrogens is 234 g/mol. The van der Waals surface area contributed by atoms with E-state index in [4.69, 9.17) is 9.47 Å². The molecule has 0 aromatic carbocycles. The Morgan fingerprint density at radius 3 is 2.61 bits per heavy atom. The summed E-state index contributed by atoms with van der Waals surface area (Å²) >= 11 is 0. The van der Waals surface area contributed by atoms with Gasteiger partial charge < -0.3 is 14.8 Å². The van der Waals surface area contributed by atoms with Gasteiger partial charge in [-0.3, -0.25) is 0 Å². The van der Waals surface area contributed by atoms with Gasteiger partial charge in [-0.2, -0.15) is 0 Å². The number of fused-ring (bicyclic) bond motifs is 1. The average molecular weight is 255 g/mol. The third kappa shape index (κ3) is 2.31. The van der Waals surface area contributed by atoms with Crippen LogP contribution in [0.2, 0.25) is 0 Å². The van der Waals surface area contributed by atoms with Crippen LogP contribution in [0.5, 0.6) is 0 Å². The van der Waals surface area contributed by atoms with Crippen LogP contribution in [0.4, 0.5) is 4.79 Å². The number of alkyl carbamates (subject to hydrolysis) is 1. The maximum atomic E-state index is 11.7. The number of carbonyl (C=O) groups is 2. The summed E-state index contributed by atoms with van der Waals surface area (Å²) in [5.41, 5.74) is -0.521. The Morgan fingerprint density at radius 1 is 1.44 bits per heavy atom. The number of cyclic esters (lactones) is 1. The minimum absolute atomic E-state index is 0.0475. The van der Waals surface area contributed by atoms with Crippen molar-refractivity contribution in [3.8, 4) is 0 Å². The number of hydrogen-bond acceptors (Lipinski definition) is 4. The maximum absolute atomic E-state index is 11.7. The zero-order valence-corrected chi connectivity index (χ0v) is 11.6. The minimum atomic E-state index is -0.575. The SMILES string of the molecule is CC(C)(C)OC(=O)N[C@@H]1C(=O)OCC2[C@@H]1C2(C)C. The molecule has 1 aliphatic heterocycles. The van der Waals surface area contributed by atoms with Crippen LogP contribution in [-0.4, -0.2) is 30.3 Å². The van der Waals surface area contributed by atoms with Crippen LogP contribution in [0.1, 0.15) is 34.6 Å². The van der Waals surface area contributed by atoms with E-state index in [-0.39, 0.29) is 17.3 Å². The molecule has 1 N–H and O–H groups in total.